The molecule has 0 aliphatic carbocycles. The van der Waals surface area contributed by atoms with Gasteiger partial charge in [-0.25, -0.2) is 4.72 Å². The molecule has 0 fully saturated rings. The highest BCUT2D eigenvalue weighted by molar-refractivity contribution is 7.90. The molecule has 90 valence electrons. The monoisotopic (exact) mass is 244 g/mol. The number of anilines is 1. The highest BCUT2D eigenvalue weighted by Gasteiger charge is 2.20. The third kappa shape index (κ3) is 2.45. The summed E-state index contributed by atoms with van der Waals surface area (Å²) in [4.78, 5) is 0. The largest absolute Gasteiger partial charge is 0.508 e. The van der Waals surface area contributed by atoms with Crippen molar-refractivity contribution in [2.75, 3.05) is 17.9 Å². The number of nitrogens with zero attached hydrogens (tertiary/aromatic N) is 1. The summed E-state index contributed by atoms with van der Waals surface area (Å²) in [5, 5.41) is 9.38. The van der Waals surface area contributed by atoms with Gasteiger partial charge in [-0.1, -0.05) is 6.07 Å². The minimum atomic E-state index is -3.53. The Kier molecular flexibility index (Phi) is 3.77. The molecule has 2 N–H and O–H groups in total. The zero-order chi connectivity index (χ0) is 12.3. The molecule has 6 heteroatoms. The van der Waals surface area contributed by atoms with Crippen molar-refractivity contribution >= 4 is 15.9 Å². The van der Waals surface area contributed by atoms with Gasteiger partial charge in [-0.15, -0.1) is 0 Å². The molecule has 0 aliphatic heterocycles. The lowest BCUT2D eigenvalue weighted by Gasteiger charge is -2.23. The molecule has 1 rings (SSSR count). The summed E-state index contributed by atoms with van der Waals surface area (Å²) in [5.74, 6) is 0.0466. The summed E-state index contributed by atoms with van der Waals surface area (Å²) < 4.78 is 26.9. The molecule has 0 spiro atoms. The van der Waals surface area contributed by atoms with Gasteiger partial charge in [-0.3, -0.25) is 4.31 Å². The molecule has 5 nitrogen and oxygen atoms in total. The number of benzene rings is 1. The van der Waals surface area contributed by atoms with Crippen LogP contribution in [0.25, 0.3) is 0 Å². The van der Waals surface area contributed by atoms with Crippen LogP contribution in [0, 0.1) is 6.92 Å². The van der Waals surface area contributed by atoms with Crippen molar-refractivity contribution in [3.05, 3.63) is 23.8 Å². The maximum absolute atomic E-state index is 11.7. The second-order valence-electron chi connectivity index (χ2n) is 3.34. The minimum absolute atomic E-state index is 0.0466. The van der Waals surface area contributed by atoms with Crippen LogP contribution in [0.1, 0.15) is 12.5 Å². The van der Waals surface area contributed by atoms with E-state index in [9.17, 15) is 13.5 Å². The van der Waals surface area contributed by atoms with E-state index in [1.54, 1.807) is 19.9 Å². The molecule has 0 unspecified atom stereocenters. The van der Waals surface area contributed by atoms with Crippen molar-refractivity contribution < 1.29 is 13.5 Å². The van der Waals surface area contributed by atoms with Crippen LogP contribution in [-0.4, -0.2) is 27.1 Å². The topological polar surface area (TPSA) is 69.6 Å². The summed E-state index contributed by atoms with van der Waals surface area (Å²) >= 11 is 0. The van der Waals surface area contributed by atoms with Crippen LogP contribution in [0.4, 0.5) is 5.69 Å². The molecular formula is C10H16N2O3S. The SMILES string of the molecule is CCN(c1cc(O)ccc1C)S(=O)(=O)NC. The molecule has 0 heterocycles. The third-order valence-electron chi connectivity index (χ3n) is 2.30. The standard InChI is InChI=1S/C10H16N2O3S/c1-4-12(16(14,15)11-3)10-7-9(13)6-5-8(10)2/h5-7,11,13H,4H2,1-3H3. The fourth-order valence-electron chi connectivity index (χ4n) is 1.45. The minimum Gasteiger partial charge on any atom is -0.508 e. The van der Waals surface area contributed by atoms with Crippen LogP contribution in [0.3, 0.4) is 0 Å². The van der Waals surface area contributed by atoms with Crippen LogP contribution >= 0.6 is 0 Å². The van der Waals surface area contributed by atoms with E-state index < -0.39 is 10.2 Å². The molecule has 16 heavy (non-hydrogen) atoms. The lowest BCUT2D eigenvalue weighted by Crippen LogP contribution is -2.39. The quantitative estimate of drug-likeness (QED) is 0.830. The van der Waals surface area contributed by atoms with Crippen molar-refractivity contribution in [2.24, 2.45) is 0 Å². The van der Waals surface area contributed by atoms with E-state index in [1.165, 1.54) is 23.5 Å². The number of hydrogen-bond acceptors (Lipinski definition) is 3. The molecule has 0 aromatic heterocycles. The predicted molar refractivity (Wildman–Crippen MR) is 63.8 cm³/mol. The normalized spacial score (nSPS) is 11.4. The first-order valence-corrected chi connectivity index (χ1v) is 6.37. The van der Waals surface area contributed by atoms with E-state index in [-0.39, 0.29) is 5.75 Å². The molecule has 0 radical (unpaired) electrons. The Morgan fingerprint density at radius 1 is 1.44 bits per heavy atom. The van der Waals surface area contributed by atoms with Crippen LogP contribution in [0.2, 0.25) is 0 Å². The Morgan fingerprint density at radius 2 is 2.06 bits per heavy atom. The van der Waals surface area contributed by atoms with Crippen molar-refractivity contribution in [3.63, 3.8) is 0 Å². The smallest absolute Gasteiger partial charge is 0.301 e. The van der Waals surface area contributed by atoms with Gasteiger partial charge < -0.3 is 5.11 Å². The Bertz CT molecular complexity index is 471. The molecule has 0 saturated heterocycles. The lowest BCUT2D eigenvalue weighted by molar-refractivity contribution is 0.475. The number of rotatable bonds is 4. The van der Waals surface area contributed by atoms with Gasteiger partial charge in [0, 0.05) is 19.7 Å². The summed E-state index contributed by atoms with van der Waals surface area (Å²) in [6, 6.07) is 4.64. The van der Waals surface area contributed by atoms with Gasteiger partial charge in [0.2, 0.25) is 0 Å². The Hall–Kier alpha value is -1.27. The van der Waals surface area contributed by atoms with E-state index in [2.05, 4.69) is 4.72 Å². The summed E-state index contributed by atoms with van der Waals surface area (Å²) in [5.41, 5.74) is 1.27. The maximum atomic E-state index is 11.7. The molecule has 0 bridgehead atoms. The van der Waals surface area contributed by atoms with Crippen LogP contribution in [0.5, 0.6) is 5.75 Å². The Labute approximate surface area is 95.9 Å². The molecule has 0 aliphatic rings. The fraction of sp³-hybridized carbons (Fsp3) is 0.400. The van der Waals surface area contributed by atoms with E-state index >= 15 is 0 Å². The molecule has 0 atom stereocenters. The average molecular weight is 244 g/mol. The summed E-state index contributed by atoms with van der Waals surface area (Å²) in [7, 11) is -2.17. The highest BCUT2D eigenvalue weighted by atomic mass is 32.2. The van der Waals surface area contributed by atoms with Crippen molar-refractivity contribution in [3.8, 4) is 5.75 Å². The van der Waals surface area contributed by atoms with Crippen molar-refractivity contribution in [2.45, 2.75) is 13.8 Å². The van der Waals surface area contributed by atoms with Gasteiger partial charge in [0.25, 0.3) is 0 Å². The number of phenols is 1. The van der Waals surface area contributed by atoms with E-state index in [0.29, 0.717) is 12.2 Å². The number of aryl methyl sites for hydroxylation is 1. The molecule has 0 amide bonds. The molecule has 1 aromatic carbocycles. The van der Waals surface area contributed by atoms with Gasteiger partial charge in [0.1, 0.15) is 5.75 Å². The number of aromatic hydroxyl groups is 1. The summed E-state index contributed by atoms with van der Waals surface area (Å²) in [6.45, 7) is 3.83. The van der Waals surface area contributed by atoms with E-state index in [1.807, 2.05) is 0 Å². The van der Waals surface area contributed by atoms with Crippen LogP contribution < -0.4 is 9.03 Å². The highest BCUT2D eigenvalue weighted by Crippen LogP contribution is 2.26. The number of nitrogens with one attached hydrogen (secondary N) is 1. The van der Waals surface area contributed by atoms with Gasteiger partial charge >= 0.3 is 10.2 Å². The third-order valence-corrected chi connectivity index (χ3v) is 3.85. The second-order valence-corrected chi connectivity index (χ2v) is 5.14. The van der Waals surface area contributed by atoms with Crippen LogP contribution in [-0.2, 0) is 10.2 Å². The fourth-order valence-corrected chi connectivity index (χ4v) is 2.46. The Morgan fingerprint density at radius 3 is 2.56 bits per heavy atom. The van der Waals surface area contributed by atoms with E-state index in [0.717, 1.165) is 5.56 Å². The van der Waals surface area contributed by atoms with Crippen LogP contribution in [0.15, 0.2) is 18.2 Å². The first kappa shape index (κ1) is 12.8. The van der Waals surface area contributed by atoms with Gasteiger partial charge in [0.15, 0.2) is 0 Å². The second kappa shape index (κ2) is 4.71. The van der Waals surface area contributed by atoms with Gasteiger partial charge in [-0.2, -0.15) is 8.42 Å². The van der Waals surface area contributed by atoms with Crippen molar-refractivity contribution in [1.82, 2.24) is 4.72 Å². The van der Waals surface area contributed by atoms with E-state index in [4.69, 9.17) is 0 Å². The first-order valence-electron chi connectivity index (χ1n) is 4.93. The lowest BCUT2D eigenvalue weighted by atomic mass is 10.2. The van der Waals surface area contributed by atoms with Gasteiger partial charge in [0.05, 0.1) is 5.69 Å². The van der Waals surface area contributed by atoms with Gasteiger partial charge in [-0.05, 0) is 25.5 Å². The summed E-state index contributed by atoms with van der Waals surface area (Å²) in [6.07, 6.45) is 0. The molecular weight excluding hydrogens is 228 g/mol. The molecule has 1 aromatic rings. The van der Waals surface area contributed by atoms with Crippen molar-refractivity contribution in [1.29, 1.82) is 0 Å². The number of phenolic OH excluding ortho intramolecular Hbond substituents is 1. The maximum Gasteiger partial charge on any atom is 0.301 e. The predicted octanol–water partition coefficient (Wildman–Crippen LogP) is 0.991. The zero-order valence-electron chi connectivity index (χ0n) is 9.56. The average Bonchev–Trinajstić information content (AvgIpc) is 2.24. The molecule has 0 saturated carbocycles. The Balaban J connectivity index is 3.29. The zero-order valence-corrected chi connectivity index (χ0v) is 10.4. The number of hydrogen-bond donors (Lipinski definition) is 2. The first-order chi connectivity index (χ1) is 7.42.